The maximum absolute atomic E-state index is 13.2. The lowest BCUT2D eigenvalue weighted by Gasteiger charge is -2.25. The van der Waals surface area contributed by atoms with E-state index in [1.807, 2.05) is 30.3 Å². The van der Waals surface area contributed by atoms with Gasteiger partial charge in [0.15, 0.2) is 4.90 Å². The van der Waals surface area contributed by atoms with Crippen LogP contribution in [0.5, 0.6) is 5.75 Å². The van der Waals surface area contributed by atoms with E-state index in [0.717, 1.165) is 29.1 Å². The maximum atomic E-state index is 13.2. The number of rotatable bonds is 10. The van der Waals surface area contributed by atoms with Gasteiger partial charge in [0, 0.05) is 11.9 Å². The zero-order valence-corrected chi connectivity index (χ0v) is 18.8. The molecule has 9 nitrogen and oxygen atoms in total. The molecule has 2 aromatic rings. The third-order valence-corrected chi connectivity index (χ3v) is 6.61. The highest BCUT2D eigenvalue weighted by molar-refractivity contribution is 9.09. The number of benzene rings is 2. The Hall–Kier alpha value is -2.50. The highest BCUT2D eigenvalue weighted by Crippen LogP contribution is 2.32. The summed E-state index contributed by atoms with van der Waals surface area (Å²) in [6.07, 6.45) is 0. The highest BCUT2D eigenvalue weighted by atomic mass is 79.9. The summed E-state index contributed by atoms with van der Waals surface area (Å²) in [6, 6.07) is 11.5. The molecular formula is C19H21BrN2O7S. The van der Waals surface area contributed by atoms with Crippen molar-refractivity contribution in [2.75, 3.05) is 19.0 Å². The normalized spacial score (nSPS) is 12.4. The van der Waals surface area contributed by atoms with Crippen molar-refractivity contribution in [2.45, 2.75) is 24.5 Å². The Morgan fingerprint density at radius 1 is 1.23 bits per heavy atom. The standard InChI is InChI=1S/C19H21BrN2O7S/c1-14(19(23)28-2)21(11-10-20)30(26,27)18-9-8-16(12-17(18)22(24)25)29-13-15-6-4-3-5-7-15/h3-9,12,14H,10-11,13H2,1-2H3/t14-/m1/s1. The van der Waals surface area contributed by atoms with Crippen LogP contribution >= 0.6 is 15.9 Å². The minimum absolute atomic E-state index is 0.0813. The SMILES string of the molecule is COC(=O)[C@@H](C)N(CCBr)S(=O)(=O)c1ccc(OCc2ccccc2)cc1[N+](=O)[O-]. The Bertz CT molecular complexity index is 999. The monoisotopic (exact) mass is 500 g/mol. The summed E-state index contributed by atoms with van der Waals surface area (Å²) in [5, 5.41) is 11.8. The average Bonchev–Trinajstić information content (AvgIpc) is 2.75. The molecule has 2 rings (SSSR count). The highest BCUT2D eigenvalue weighted by Gasteiger charge is 2.37. The van der Waals surface area contributed by atoms with Crippen molar-refractivity contribution < 1.29 is 27.6 Å². The molecule has 0 radical (unpaired) electrons. The van der Waals surface area contributed by atoms with Crippen molar-refractivity contribution in [1.29, 1.82) is 0 Å². The molecule has 0 saturated heterocycles. The zero-order valence-electron chi connectivity index (χ0n) is 16.4. The van der Waals surface area contributed by atoms with Gasteiger partial charge in [0.1, 0.15) is 18.4 Å². The topological polar surface area (TPSA) is 116 Å². The first-order valence-corrected chi connectivity index (χ1v) is 11.4. The lowest BCUT2D eigenvalue weighted by molar-refractivity contribution is -0.388. The van der Waals surface area contributed by atoms with Crippen LogP contribution in [0.1, 0.15) is 12.5 Å². The Morgan fingerprint density at radius 3 is 2.47 bits per heavy atom. The molecule has 2 aromatic carbocycles. The fourth-order valence-corrected chi connectivity index (χ4v) is 5.05. The molecular weight excluding hydrogens is 480 g/mol. The second-order valence-electron chi connectivity index (χ2n) is 6.16. The first kappa shape index (κ1) is 23.8. The van der Waals surface area contributed by atoms with Crippen LogP contribution in [0.15, 0.2) is 53.4 Å². The van der Waals surface area contributed by atoms with Gasteiger partial charge < -0.3 is 9.47 Å². The van der Waals surface area contributed by atoms with E-state index in [1.54, 1.807) is 0 Å². The first-order valence-electron chi connectivity index (χ1n) is 8.83. The fraction of sp³-hybridized carbons (Fsp3) is 0.316. The van der Waals surface area contributed by atoms with E-state index >= 15 is 0 Å². The van der Waals surface area contributed by atoms with Gasteiger partial charge in [0.2, 0.25) is 0 Å². The Balaban J connectivity index is 2.40. The summed E-state index contributed by atoms with van der Waals surface area (Å²) in [5.41, 5.74) is 0.212. The van der Waals surface area contributed by atoms with Gasteiger partial charge in [-0.1, -0.05) is 46.3 Å². The van der Waals surface area contributed by atoms with E-state index in [9.17, 15) is 23.3 Å². The number of carbonyl (C=O) groups is 1. The number of alkyl halides is 1. The van der Waals surface area contributed by atoms with E-state index in [-0.39, 0.29) is 24.2 Å². The number of esters is 1. The molecule has 0 unspecified atom stereocenters. The van der Waals surface area contributed by atoms with Crippen LogP contribution in [0.3, 0.4) is 0 Å². The minimum Gasteiger partial charge on any atom is -0.489 e. The Kier molecular flexibility index (Phi) is 8.33. The van der Waals surface area contributed by atoms with Crippen LogP contribution in [0, 0.1) is 10.1 Å². The van der Waals surface area contributed by atoms with Crippen LogP contribution in [-0.4, -0.2) is 48.6 Å². The lowest BCUT2D eigenvalue weighted by atomic mass is 10.2. The molecule has 0 aliphatic rings. The van der Waals surface area contributed by atoms with E-state index < -0.39 is 37.5 Å². The second-order valence-corrected chi connectivity index (χ2v) is 8.82. The summed E-state index contributed by atoms with van der Waals surface area (Å²) >= 11 is 3.14. The molecule has 0 fully saturated rings. The molecule has 0 aromatic heterocycles. The Labute approximate surface area is 182 Å². The van der Waals surface area contributed by atoms with Gasteiger partial charge in [0.25, 0.3) is 15.7 Å². The molecule has 0 saturated carbocycles. The summed E-state index contributed by atoms with van der Waals surface area (Å²) in [6.45, 7) is 1.44. The molecule has 1 atom stereocenters. The van der Waals surface area contributed by atoms with Gasteiger partial charge in [-0.15, -0.1) is 0 Å². The number of methoxy groups -OCH3 is 1. The van der Waals surface area contributed by atoms with Crippen LogP contribution in [0.4, 0.5) is 5.69 Å². The number of nitro groups is 1. The summed E-state index contributed by atoms with van der Waals surface area (Å²) < 4.78 is 37.4. The largest absolute Gasteiger partial charge is 0.489 e. The molecule has 0 amide bonds. The number of halogens is 1. The molecule has 11 heteroatoms. The van der Waals surface area contributed by atoms with Crippen molar-refractivity contribution in [1.82, 2.24) is 4.31 Å². The van der Waals surface area contributed by atoms with Crippen molar-refractivity contribution >= 4 is 37.6 Å². The second kappa shape index (κ2) is 10.5. The van der Waals surface area contributed by atoms with Crippen LogP contribution in [0.2, 0.25) is 0 Å². The van der Waals surface area contributed by atoms with Gasteiger partial charge in [0.05, 0.1) is 18.1 Å². The zero-order chi connectivity index (χ0) is 22.3. The molecule has 0 N–H and O–H groups in total. The predicted octanol–water partition coefficient (Wildman–Crippen LogP) is 3.12. The molecule has 0 aliphatic heterocycles. The number of nitrogens with zero attached hydrogens (tertiary/aromatic N) is 2. The third kappa shape index (κ3) is 5.55. The molecule has 0 bridgehead atoms. The molecule has 162 valence electrons. The predicted molar refractivity (Wildman–Crippen MR) is 113 cm³/mol. The number of ether oxygens (including phenoxy) is 2. The number of nitro benzene ring substituents is 1. The van der Waals surface area contributed by atoms with Gasteiger partial charge in [-0.25, -0.2) is 8.42 Å². The summed E-state index contributed by atoms with van der Waals surface area (Å²) in [7, 11) is -3.23. The number of hydrogen-bond acceptors (Lipinski definition) is 7. The van der Waals surface area contributed by atoms with Crippen molar-refractivity contribution in [3.05, 3.63) is 64.2 Å². The third-order valence-electron chi connectivity index (χ3n) is 4.24. The molecule has 30 heavy (non-hydrogen) atoms. The molecule has 0 aliphatic carbocycles. The molecule has 0 spiro atoms. The summed E-state index contributed by atoms with van der Waals surface area (Å²) in [5.74, 6) is -0.623. The van der Waals surface area contributed by atoms with Crippen molar-refractivity contribution in [3.63, 3.8) is 0 Å². The smallest absolute Gasteiger partial charge is 0.323 e. The van der Waals surface area contributed by atoms with Gasteiger partial charge in [-0.2, -0.15) is 4.31 Å². The van der Waals surface area contributed by atoms with Crippen molar-refractivity contribution in [2.24, 2.45) is 0 Å². The van der Waals surface area contributed by atoms with Gasteiger partial charge in [-0.05, 0) is 24.6 Å². The van der Waals surface area contributed by atoms with Gasteiger partial charge in [-0.3, -0.25) is 14.9 Å². The fourth-order valence-electron chi connectivity index (χ4n) is 2.71. The van der Waals surface area contributed by atoms with E-state index in [0.29, 0.717) is 0 Å². The van der Waals surface area contributed by atoms with Crippen LogP contribution < -0.4 is 4.74 Å². The maximum Gasteiger partial charge on any atom is 0.323 e. The van der Waals surface area contributed by atoms with Crippen LogP contribution in [0.25, 0.3) is 0 Å². The number of carbonyl (C=O) groups excluding carboxylic acids is 1. The average molecular weight is 501 g/mol. The van der Waals surface area contributed by atoms with Crippen molar-refractivity contribution in [3.8, 4) is 5.75 Å². The number of hydrogen-bond donors (Lipinski definition) is 0. The van der Waals surface area contributed by atoms with Crippen LogP contribution in [-0.2, 0) is 26.2 Å². The summed E-state index contributed by atoms with van der Waals surface area (Å²) in [4.78, 5) is 22.2. The lowest BCUT2D eigenvalue weighted by Crippen LogP contribution is -2.44. The first-order chi connectivity index (χ1) is 14.2. The minimum atomic E-state index is -4.37. The van der Waals surface area contributed by atoms with Gasteiger partial charge >= 0.3 is 5.97 Å². The quantitative estimate of drug-likeness (QED) is 0.213. The van der Waals surface area contributed by atoms with E-state index in [2.05, 4.69) is 20.7 Å². The van der Waals surface area contributed by atoms with E-state index in [1.165, 1.54) is 13.0 Å². The van der Waals surface area contributed by atoms with E-state index in [4.69, 9.17) is 4.74 Å². The Morgan fingerprint density at radius 2 is 1.90 bits per heavy atom. The number of sulfonamides is 1. The molecule has 0 heterocycles.